The Kier molecular flexibility index (Phi) is 6.29. The third kappa shape index (κ3) is 4.43. The van der Waals surface area contributed by atoms with E-state index in [-0.39, 0.29) is 35.1 Å². The van der Waals surface area contributed by atoms with Crippen LogP contribution in [-0.2, 0) is 14.8 Å². The minimum atomic E-state index is -3.78. The minimum absolute atomic E-state index is 0.0259. The molecule has 0 spiro atoms. The van der Waals surface area contributed by atoms with Crippen molar-refractivity contribution in [3.63, 3.8) is 0 Å². The number of nitrogens with zero attached hydrogens (tertiary/aromatic N) is 1. The Morgan fingerprint density at radius 3 is 2.60 bits per heavy atom. The van der Waals surface area contributed by atoms with E-state index in [1.165, 1.54) is 24.6 Å². The van der Waals surface area contributed by atoms with Crippen LogP contribution in [0.4, 0.5) is 0 Å². The summed E-state index contributed by atoms with van der Waals surface area (Å²) in [5.74, 6) is 0.245. The highest BCUT2D eigenvalue weighted by Gasteiger charge is 2.35. The van der Waals surface area contributed by atoms with Gasteiger partial charge in [-0.25, -0.2) is 8.42 Å². The summed E-state index contributed by atoms with van der Waals surface area (Å²) in [6.07, 6.45) is 1.32. The molecule has 25 heavy (non-hydrogen) atoms. The van der Waals surface area contributed by atoms with Crippen molar-refractivity contribution in [1.82, 2.24) is 9.62 Å². The molecule has 1 aromatic rings. The van der Waals surface area contributed by atoms with Crippen molar-refractivity contribution in [1.29, 1.82) is 0 Å². The second-order valence-electron chi connectivity index (χ2n) is 6.38. The fourth-order valence-corrected chi connectivity index (χ4v) is 4.60. The van der Waals surface area contributed by atoms with Crippen molar-refractivity contribution < 1.29 is 22.7 Å². The van der Waals surface area contributed by atoms with Gasteiger partial charge in [0.25, 0.3) is 0 Å². The quantitative estimate of drug-likeness (QED) is 0.823. The third-order valence-corrected chi connectivity index (χ3v) is 6.06. The van der Waals surface area contributed by atoms with Gasteiger partial charge in [0.1, 0.15) is 16.4 Å². The zero-order valence-electron chi connectivity index (χ0n) is 15.1. The smallest absolute Gasteiger partial charge is 0.246 e. The molecule has 0 radical (unpaired) electrons. The molecule has 0 saturated carbocycles. The van der Waals surface area contributed by atoms with Crippen LogP contribution < -0.4 is 14.8 Å². The van der Waals surface area contributed by atoms with E-state index >= 15 is 0 Å². The monoisotopic (exact) mass is 370 g/mol. The Morgan fingerprint density at radius 2 is 2.00 bits per heavy atom. The van der Waals surface area contributed by atoms with Gasteiger partial charge in [0.15, 0.2) is 0 Å². The number of hydrogen-bond acceptors (Lipinski definition) is 5. The highest BCUT2D eigenvalue weighted by Crippen LogP contribution is 2.32. The minimum Gasteiger partial charge on any atom is -0.497 e. The molecule has 7 nitrogen and oxygen atoms in total. The molecule has 1 atom stereocenters. The summed E-state index contributed by atoms with van der Waals surface area (Å²) in [6, 6.07) is 4.69. The maximum absolute atomic E-state index is 13.1. The standard InChI is InChI=1S/C17H26N2O5S/c1-12(2)18-17(20)13-6-5-9-19(11-13)25(21,22)16-10-14(23-3)7-8-15(16)24-4/h7-8,10,12-13H,5-6,9,11H2,1-4H3,(H,18,20). The summed E-state index contributed by atoms with van der Waals surface area (Å²) >= 11 is 0. The lowest BCUT2D eigenvalue weighted by atomic mass is 9.98. The number of carbonyl (C=O) groups is 1. The van der Waals surface area contributed by atoms with E-state index in [1.54, 1.807) is 12.1 Å². The third-order valence-electron chi connectivity index (χ3n) is 4.17. The number of carbonyl (C=O) groups excluding carboxylic acids is 1. The maximum Gasteiger partial charge on any atom is 0.246 e. The zero-order valence-corrected chi connectivity index (χ0v) is 15.9. The number of hydrogen-bond donors (Lipinski definition) is 1. The molecule has 140 valence electrons. The molecule has 0 aromatic heterocycles. The normalized spacial score (nSPS) is 18.8. The maximum atomic E-state index is 13.1. The van der Waals surface area contributed by atoms with Crippen molar-refractivity contribution in [2.45, 2.75) is 37.6 Å². The van der Waals surface area contributed by atoms with E-state index in [9.17, 15) is 13.2 Å². The summed E-state index contributed by atoms with van der Waals surface area (Å²) in [4.78, 5) is 12.3. The zero-order chi connectivity index (χ0) is 18.6. The van der Waals surface area contributed by atoms with E-state index in [4.69, 9.17) is 9.47 Å². The largest absolute Gasteiger partial charge is 0.497 e. The van der Waals surface area contributed by atoms with Crippen LogP contribution in [0, 0.1) is 5.92 Å². The first-order valence-electron chi connectivity index (χ1n) is 8.32. The lowest BCUT2D eigenvalue weighted by molar-refractivity contribution is -0.126. The van der Waals surface area contributed by atoms with Crippen LogP contribution in [0.15, 0.2) is 23.1 Å². The fraction of sp³-hybridized carbons (Fsp3) is 0.588. The predicted octanol–water partition coefficient (Wildman–Crippen LogP) is 1.63. The predicted molar refractivity (Wildman–Crippen MR) is 94.3 cm³/mol. The highest BCUT2D eigenvalue weighted by atomic mass is 32.2. The van der Waals surface area contributed by atoms with Gasteiger partial charge in [0.05, 0.1) is 20.1 Å². The van der Waals surface area contributed by atoms with E-state index in [0.717, 1.165) is 0 Å². The second-order valence-corrected chi connectivity index (χ2v) is 8.29. The molecule has 1 aromatic carbocycles. The molecule has 0 aliphatic carbocycles. The van der Waals surface area contributed by atoms with E-state index in [0.29, 0.717) is 25.1 Å². The second kappa shape index (κ2) is 8.05. The Morgan fingerprint density at radius 1 is 1.28 bits per heavy atom. The van der Waals surface area contributed by atoms with Gasteiger partial charge in [0, 0.05) is 25.2 Å². The number of amides is 1. The van der Waals surface area contributed by atoms with E-state index in [1.807, 2.05) is 13.8 Å². The molecule has 8 heteroatoms. The number of piperidine rings is 1. The molecule has 1 N–H and O–H groups in total. The summed E-state index contributed by atoms with van der Waals surface area (Å²) in [6.45, 7) is 4.32. The molecular formula is C17H26N2O5S. The molecule has 1 unspecified atom stereocenters. The van der Waals surface area contributed by atoms with Crippen molar-refractivity contribution in [2.24, 2.45) is 5.92 Å². The number of nitrogens with one attached hydrogen (secondary N) is 1. The number of benzene rings is 1. The van der Waals surface area contributed by atoms with Gasteiger partial charge in [-0.1, -0.05) is 0 Å². The molecule has 1 saturated heterocycles. The topological polar surface area (TPSA) is 84.9 Å². The van der Waals surface area contributed by atoms with Crippen molar-refractivity contribution in [3.8, 4) is 11.5 Å². The Hall–Kier alpha value is -1.80. The Labute approximate surface area is 149 Å². The van der Waals surface area contributed by atoms with Gasteiger partial charge in [0.2, 0.25) is 15.9 Å². The molecule has 1 fully saturated rings. The van der Waals surface area contributed by atoms with Gasteiger partial charge in [-0.05, 0) is 38.8 Å². The van der Waals surface area contributed by atoms with E-state index in [2.05, 4.69) is 5.32 Å². The van der Waals surface area contributed by atoms with Gasteiger partial charge in [-0.15, -0.1) is 0 Å². The van der Waals surface area contributed by atoms with Gasteiger partial charge < -0.3 is 14.8 Å². The van der Waals surface area contributed by atoms with Crippen molar-refractivity contribution in [3.05, 3.63) is 18.2 Å². The van der Waals surface area contributed by atoms with Gasteiger partial charge >= 0.3 is 0 Å². The molecular weight excluding hydrogens is 344 g/mol. The Balaban J connectivity index is 2.28. The molecule has 1 aliphatic heterocycles. The molecule has 0 bridgehead atoms. The van der Waals surface area contributed by atoms with Crippen LogP contribution in [0.5, 0.6) is 11.5 Å². The van der Waals surface area contributed by atoms with Crippen molar-refractivity contribution in [2.75, 3.05) is 27.3 Å². The van der Waals surface area contributed by atoms with Crippen LogP contribution in [0.2, 0.25) is 0 Å². The van der Waals surface area contributed by atoms with Crippen molar-refractivity contribution >= 4 is 15.9 Å². The fourth-order valence-electron chi connectivity index (χ4n) is 2.90. The summed E-state index contributed by atoms with van der Waals surface area (Å²) in [5, 5.41) is 2.86. The van der Waals surface area contributed by atoms with Gasteiger partial charge in [-0.2, -0.15) is 4.31 Å². The summed E-state index contributed by atoms with van der Waals surface area (Å²) in [5.41, 5.74) is 0. The molecule has 1 aliphatic rings. The molecule has 1 amide bonds. The molecule has 1 heterocycles. The summed E-state index contributed by atoms with van der Waals surface area (Å²) < 4.78 is 37.9. The number of methoxy groups -OCH3 is 2. The van der Waals surface area contributed by atoms with Crippen LogP contribution in [0.25, 0.3) is 0 Å². The van der Waals surface area contributed by atoms with Crippen LogP contribution in [0.3, 0.4) is 0 Å². The first kappa shape index (κ1) is 19.5. The summed E-state index contributed by atoms with van der Waals surface area (Å²) in [7, 11) is -0.880. The Bertz CT molecular complexity index is 718. The average Bonchev–Trinajstić information content (AvgIpc) is 2.60. The average molecular weight is 370 g/mol. The van der Waals surface area contributed by atoms with Crippen LogP contribution in [0.1, 0.15) is 26.7 Å². The number of sulfonamides is 1. The first-order valence-corrected chi connectivity index (χ1v) is 9.76. The van der Waals surface area contributed by atoms with E-state index < -0.39 is 10.0 Å². The molecule has 2 rings (SSSR count). The first-order chi connectivity index (χ1) is 11.8. The van der Waals surface area contributed by atoms with Crippen LogP contribution in [-0.4, -0.2) is 52.0 Å². The highest BCUT2D eigenvalue weighted by molar-refractivity contribution is 7.89. The lowest BCUT2D eigenvalue weighted by Crippen LogP contribution is -2.46. The SMILES string of the molecule is COc1ccc(OC)c(S(=O)(=O)N2CCCC(C(=O)NC(C)C)C2)c1. The lowest BCUT2D eigenvalue weighted by Gasteiger charge is -2.32. The van der Waals surface area contributed by atoms with Gasteiger partial charge in [-0.3, -0.25) is 4.79 Å². The number of ether oxygens (including phenoxy) is 2. The van der Waals surface area contributed by atoms with Crippen LogP contribution >= 0.6 is 0 Å². The number of rotatable bonds is 6.